The maximum atomic E-state index is 12.4. The van der Waals surface area contributed by atoms with Crippen LogP contribution >= 0.6 is 0 Å². The minimum Gasteiger partial charge on any atom is -0.371 e. The molecule has 0 radical (unpaired) electrons. The fourth-order valence-electron chi connectivity index (χ4n) is 2.27. The summed E-state index contributed by atoms with van der Waals surface area (Å²) in [6.07, 6.45) is -2.29. The molecule has 2 heterocycles. The Morgan fingerprint density at radius 3 is 2.35 bits per heavy atom. The molecule has 0 bridgehead atoms. The number of aromatic nitrogens is 2. The highest BCUT2D eigenvalue weighted by Gasteiger charge is 2.34. The predicted octanol–water partition coefficient (Wildman–Crippen LogP) is 2.90. The molecule has 5 nitrogen and oxygen atoms in total. The molecule has 8 heteroatoms. The maximum Gasteiger partial charge on any atom is 0.451 e. The fourth-order valence-corrected chi connectivity index (χ4v) is 2.27. The molecule has 2 N–H and O–H groups in total. The maximum absolute atomic E-state index is 12.4. The van der Waals surface area contributed by atoms with Crippen molar-refractivity contribution in [3.63, 3.8) is 0 Å². The molecular formula is C15H15F3N4O. The molecule has 3 rings (SSSR count). The van der Waals surface area contributed by atoms with E-state index >= 15 is 0 Å². The number of morpholine rings is 1. The first-order valence-electron chi connectivity index (χ1n) is 7.11. The molecule has 2 aromatic rings. The Labute approximate surface area is 130 Å². The number of nitrogens with one attached hydrogen (secondary N) is 2. The van der Waals surface area contributed by atoms with Crippen molar-refractivity contribution < 1.29 is 17.9 Å². The highest BCUT2D eigenvalue weighted by atomic mass is 19.4. The first-order valence-corrected chi connectivity index (χ1v) is 7.11. The third-order valence-electron chi connectivity index (χ3n) is 3.40. The van der Waals surface area contributed by atoms with Crippen molar-refractivity contribution in [1.29, 1.82) is 0 Å². The van der Waals surface area contributed by atoms with Crippen LogP contribution in [-0.4, -0.2) is 29.7 Å². The Balaban J connectivity index is 1.66. The quantitative estimate of drug-likeness (QED) is 0.909. The van der Waals surface area contributed by atoms with Crippen LogP contribution in [0, 0.1) is 0 Å². The van der Waals surface area contributed by atoms with Gasteiger partial charge < -0.3 is 15.4 Å². The van der Waals surface area contributed by atoms with E-state index in [-0.39, 0.29) is 6.10 Å². The summed E-state index contributed by atoms with van der Waals surface area (Å²) in [5, 5.41) is 6.22. The first-order chi connectivity index (χ1) is 11.0. The second kappa shape index (κ2) is 6.51. The van der Waals surface area contributed by atoms with E-state index in [1.165, 1.54) is 0 Å². The second-order valence-corrected chi connectivity index (χ2v) is 5.10. The van der Waals surface area contributed by atoms with Gasteiger partial charge in [0.1, 0.15) is 0 Å². The van der Waals surface area contributed by atoms with Gasteiger partial charge in [0, 0.05) is 18.8 Å². The van der Waals surface area contributed by atoms with Gasteiger partial charge in [-0.15, -0.1) is 0 Å². The molecule has 1 fully saturated rings. The Morgan fingerprint density at radius 1 is 1.09 bits per heavy atom. The molecule has 1 aromatic carbocycles. The van der Waals surface area contributed by atoms with Gasteiger partial charge in [-0.1, -0.05) is 12.1 Å². The lowest BCUT2D eigenvalue weighted by atomic mass is 10.1. The van der Waals surface area contributed by atoms with E-state index in [2.05, 4.69) is 20.6 Å². The summed E-state index contributed by atoms with van der Waals surface area (Å²) in [5.74, 6) is -1.15. The van der Waals surface area contributed by atoms with Crippen LogP contribution in [0.25, 0.3) is 0 Å². The van der Waals surface area contributed by atoms with Crippen molar-refractivity contribution in [2.45, 2.75) is 12.3 Å². The van der Waals surface area contributed by atoms with Gasteiger partial charge >= 0.3 is 6.18 Å². The molecule has 23 heavy (non-hydrogen) atoms. The van der Waals surface area contributed by atoms with Crippen LogP contribution in [0.15, 0.2) is 36.7 Å². The average Bonchev–Trinajstić information content (AvgIpc) is 2.56. The lowest BCUT2D eigenvalue weighted by Crippen LogP contribution is -2.33. The number of nitrogens with zero attached hydrogens (tertiary/aromatic N) is 2. The Morgan fingerprint density at radius 2 is 1.78 bits per heavy atom. The molecular weight excluding hydrogens is 309 g/mol. The van der Waals surface area contributed by atoms with E-state index in [4.69, 9.17) is 4.74 Å². The number of hydrogen-bond donors (Lipinski definition) is 2. The van der Waals surface area contributed by atoms with Crippen LogP contribution in [0.3, 0.4) is 0 Å². The van der Waals surface area contributed by atoms with Crippen LogP contribution in [0.1, 0.15) is 17.5 Å². The van der Waals surface area contributed by atoms with E-state index in [0.29, 0.717) is 12.3 Å². The van der Waals surface area contributed by atoms with Crippen molar-refractivity contribution in [1.82, 2.24) is 15.3 Å². The number of rotatable bonds is 3. The van der Waals surface area contributed by atoms with Gasteiger partial charge in [0.05, 0.1) is 30.8 Å². The summed E-state index contributed by atoms with van der Waals surface area (Å²) in [4.78, 5) is 6.62. The Kier molecular flexibility index (Phi) is 4.44. The van der Waals surface area contributed by atoms with Gasteiger partial charge in [-0.25, -0.2) is 9.97 Å². The van der Waals surface area contributed by atoms with Gasteiger partial charge in [0.2, 0.25) is 5.82 Å². The molecule has 1 saturated heterocycles. The monoisotopic (exact) mass is 324 g/mol. The Bertz CT molecular complexity index is 637. The lowest BCUT2D eigenvalue weighted by molar-refractivity contribution is -0.144. The number of benzene rings is 1. The number of ether oxygens (including phenoxy) is 1. The van der Waals surface area contributed by atoms with Crippen molar-refractivity contribution in [3.05, 3.63) is 48.0 Å². The summed E-state index contributed by atoms with van der Waals surface area (Å²) < 4.78 is 42.9. The summed E-state index contributed by atoms with van der Waals surface area (Å²) in [6, 6.07) is 7.52. The SMILES string of the molecule is FC(F)(F)c1ncc(Nc2ccc([C@H]3CNCCO3)cc2)cn1. The molecule has 0 unspecified atom stereocenters. The zero-order valence-electron chi connectivity index (χ0n) is 12.1. The van der Waals surface area contributed by atoms with E-state index < -0.39 is 12.0 Å². The number of anilines is 2. The first kappa shape index (κ1) is 15.7. The van der Waals surface area contributed by atoms with Gasteiger partial charge in [-0.05, 0) is 17.7 Å². The topological polar surface area (TPSA) is 59.1 Å². The molecule has 1 aliphatic heterocycles. The molecule has 0 spiro atoms. The van der Waals surface area contributed by atoms with E-state index in [1.807, 2.05) is 24.3 Å². The van der Waals surface area contributed by atoms with E-state index in [9.17, 15) is 13.2 Å². The van der Waals surface area contributed by atoms with E-state index in [1.54, 1.807) is 0 Å². The van der Waals surface area contributed by atoms with Gasteiger partial charge in [0.25, 0.3) is 0 Å². The molecule has 0 amide bonds. The summed E-state index contributed by atoms with van der Waals surface area (Å²) in [7, 11) is 0. The molecule has 1 aromatic heterocycles. The molecule has 0 aliphatic carbocycles. The summed E-state index contributed by atoms with van der Waals surface area (Å²) >= 11 is 0. The standard InChI is InChI=1S/C15H15F3N4O/c16-15(17,18)14-20-7-12(8-21-14)22-11-3-1-10(2-4-11)13-9-19-5-6-23-13/h1-4,7-8,13,19,22H,5-6,9H2/t13-/m1/s1. The van der Waals surface area contributed by atoms with Gasteiger partial charge in [-0.3, -0.25) is 0 Å². The Hall–Kier alpha value is -2.19. The summed E-state index contributed by atoms with van der Waals surface area (Å²) in [5.41, 5.74) is 2.17. The predicted molar refractivity (Wildman–Crippen MR) is 78.3 cm³/mol. The largest absolute Gasteiger partial charge is 0.451 e. The van der Waals surface area contributed by atoms with Crippen LogP contribution in [0.4, 0.5) is 24.5 Å². The van der Waals surface area contributed by atoms with Crippen LogP contribution in [0.5, 0.6) is 0 Å². The van der Waals surface area contributed by atoms with Crippen LogP contribution < -0.4 is 10.6 Å². The number of hydrogen-bond acceptors (Lipinski definition) is 5. The highest BCUT2D eigenvalue weighted by molar-refractivity contribution is 5.58. The molecule has 122 valence electrons. The van der Waals surface area contributed by atoms with Gasteiger partial charge in [0.15, 0.2) is 0 Å². The van der Waals surface area contributed by atoms with Crippen LogP contribution in [-0.2, 0) is 10.9 Å². The second-order valence-electron chi connectivity index (χ2n) is 5.10. The normalized spacial score (nSPS) is 18.7. The zero-order chi connectivity index (χ0) is 16.3. The molecule has 0 saturated carbocycles. The minimum atomic E-state index is -4.53. The molecule has 1 atom stereocenters. The minimum absolute atomic E-state index is 0.0206. The van der Waals surface area contributed by atoms with Crippen molar-refractivity contribution >= 4 is 11.4 Å². The smallest absolute Gasteiger partial charge is 0.371 e. The van der Waals surface area contributed by atoms with Crippen molar-refractivity contribution in [3.8, 4) is 0 Å². The van der Waals surface area contributed by atoms with E-state index in [0.717, 1.165) is 36.7 Å². The summed E-state index contributed by atoms with van der Waals surface area (Å²) in [6.45, 7) is 2.29. The van der Waals surface area contributed by atoms with Gasteiger partial charge in [-0.2, -0.15) is 13.2 Å². The number of halogens is 3. The molecule has 1 aliphatic rings. The third-order valence-corrected chi connectivity index (χ3v) is 3.40. The zero-order valence-corrected chi connectivity index (χ0v) is 12.1. The highest BCUT2D eigenvalue weighted by Crippen LogP contribution is 2.27. The fraction of sp³-hybridized carbons (Fsp3) is 0.333. The third kappa shape index (κ3) is 3.96. The lowest BCUT2D eigenvalue weighted by Gasteiger charge is -2.24. The average molecular weight is 324 g/mol. The van der Waals surface area contributed by atoms with Crippen LogP contribution in [0.2, 0.25) is 0 Å². The van der Waals surface area contributed by atoms with Crippen molar-refractivity contribution in [2.24, 2.45) is 0 Å². The number of alkyl halides is 3. The van der Waals surface area contributed by atoms with Crippen molar-refractivity contribution in [2.75, 3.05) is 25.0 Å².